The van der Waals surface area contributed by atoms with E-state index in [1.807, 2.05) is 6.07 Å². The summed E-state index contributed by atoms with van der Waals surface area (Å²) in [6.07, 6.45) is 6.42. The maximum atomic E-state index is 9.12. The average Bonchev–Trinajstić information content (AvgIpc) is 2.69. The van der Waals surface area contributed by atoms with Crippen molar-refractivity contribution in [3.63, 3.8) is 0 Å². The van der Waals surface area contributed by atoms with Crippen LogP contribution in [0.3, 0.4) is 0 Å². The summed E-state index contributed by atoms with van der Waals surface area (Å²) in [7, 11) is 0. The number of β-amino-alcohol motifs (C(OH)–C–C–N with tert-alkyl or cyclic N) is 1. The van der Waals surface area contributed by atoms with E-state index < -0.39 is 0 Å². The van der Waals surface area contributed by atoms with Gasteiger partial charge >= 0.3 is 0 Å². The number of nitrogens with one attached hydrogen (secondary N) is 1. The Morgan fingerprint density at radius 1 is 1.00 bits per heavy atom. The zero-order valence-corrected chi connectivity index (χ0v) is 16.6. The molecule has 1 aliphatic heterocycles. The van der Waals surface area contributed by atoms with E-state index in [2.05, 4.69) is 33.3 Å². The molecule has 1 aromatic heterocycles. The molecule has 2 N–H and O–H groups in total. The molecule has 4 rings (SSSR count). The van der Waals surface area contributed by atoms with Crippen LogP contribution in [0, 0.1) is 0 Å². The maximum absolute atomic E-state index is 9.12. The third kappa shape index (κ3) is 4.81. The molecular formula is C20H30ClN5O. The van der Waals surface area contributed by atoms with Crippen LogP contribution in [0.4, 0.5) is 11.8 Å². The molecule has 0 bridgehead atoms. The van der Waals surface area contributed by atoms with Crippen molar-refractivity contribution in [1.82, 2.24) is 14.9 Å². The number of halogens is 1. The van der Waals surface area contributed by atoms with E-state index in [0.29, 0.717) is 6.04 Å². The Labute approximate surface area is 167 Å². The normalized spacial score (nSPS) is 19.1. The fourth-order valence-electron chi connectivity index (χ4n) is 4.07. The van der Waals surface area contributed by atoms with E-state index in [9.17, 15) is 0 Å². The molecule has 1 aliphatic carbocycles. The molecule has 2 fully saturated rings. The highest BCUT2D eigenvalue weighted by Crippen LogP contribution is 2.27. The molecule has 1 aromatic carbocycles. The molecule has 27 heavy (non-hydrogen) atoms. The van der Waals surface area contributed by atoms with Gasteiger partial charge in [-0.3, -0.25) is 4.90 Å². The SMILES string of the molecule is Cl.OCCN1CCN(c2nc(NC3CCCCC3)c3ccccc3n2)CC1. The molecule has 2 aliphatic rings. The Balaban J connectivity index is 0.00000210. The fraction of sp³-hybridized carbons (Fsp3) is 0.600. The van der Waals surface area contributed by atoms with E-state index in [1.54, 1.807) is 0 Å². The van der Waals surface area contributed by atoms with Crippen molar-refractivity contribution in [3.8, 4) is 0 Å². The summed E-state index contributed by atoms with van der Waals surface area (Å²) in [5.41, 5.74) is 1.01. The van der Waals surface area contributed by atoms with Crippen LogP contribution in [-0.4, -0.2) is 65.3 Å². The number of nitrogens with zero attached hydrogens (tertiary/aromatic N) is 4. The van der Waals surface area contributed by atoms with Crippen molar-refractivity contribution in [3.05, 3.63) is 24.3 Å². The molecular weight excluding hydrogens is 362 g/mol. The van der Waals surface area contributed by atoms with Gasteiger partial charge in [0.15, 0.2) is 0 Å². The van der Waals surface area contributed by atoms with Crippen molar-refractivity contribution in [2.24, 2.45) is 0 Å². The van der Waals surface area contributed by atoms with Crippen molar-refractivity contribution in [2.75, 3.05) is 49.5 Å². The van der Waals surface area contributed by atoms with Gasteiger partial charge in [-0.25, -0.2) is 4.98 Å². The largest absolute Gasteiger partial charge is 0.395 e. The van der Waals surface area contributed by atoms with E-state index in [4.69, 9.17) is 15.1 Å². The lowest BCUT2D eigenvalue weighted by atomic mass is 9.95. The average molecular weight is 392 g/mol. The molecule has 6 nitrogen and oxygen atoms in total. The van der Waals surface area contributed by atoms with Gasteiger partial charge in [0.1, 0.15) is 5.82 Å². The molecule has 0 radical (unpaired) electrons. The van der Waals surface area contributed by atoms with Crippen molar-refractivity contribution in [2.45, 2.75) is 38.1 Å². The topological polar surface area (TPSA) is 64.5 Å². The first-order valence-electron chi connectivity index (χ1n) is 9.95. The Hall–Kier alpha value is -1.63. The first kappa shape index (κ1) is 20.1. The summed E-state index contributed by atoms with van der Waals surface area (Å²) >= 11 is 0. The number of rotatable bonds is 5. The number of aliphatic hydroxyl groups excluding tert-OH is 1. The van der Waals surface area contributed by atoms with E-state index in [-0.39, 0.29) is 19.0 Å². The summed E-state index contributed by atoms with van der Waals surface area (Å²) in [5.74, 6) is 1.81. The smallest absolute Gasteiger partial charge is 0.227 e. The molecule has 7 heteroatoms. The Kier molecular flexibility index (Phi) is 7.10. The van der Waals surface area contributed by atoms with Crippen molar-refractivity contribution >= 4 is 35.1 Å². The predicted octanol–water partition coefficient (Wildman–Crippen LogP) is 2.91. The molecule has 0 spiro atoms. The lowest BCUT2D eigenvalue weighted by molar-refractivity contribution is 0.188. The number of piperazine rings is 1. The molecule has 2 heterocycles. The lowest BCUT2D eigenvalue weighted by Gasteiger charge is -2.34. The van der Waals surface area contributed by atoms with Crippen LogP contribution in [-0.2, 0) is 0 Å². The van der Waals surface area contributed by atoms with Gasteiger partial charge in [0, 0.05) is 44.2 Å². The Morgan fingerprint density at radius 3 is 2.48 bits per heavy atom. The summed E-state index contributed by atoms with van der Waals surface area (Å²) in [6.45, 7) is 4.68. The number of hydrogen-bond donors (Lipinski definition) is 2. The highest BCUT2D eigenvalue weighted by Gasteiger charge is 2.21. The van der Waals surface area contributed by atoms with Gasteiger partial charge in [0.2, 0.25) is 5.95 Å². The third-order valence-electron chi connectivity index (χ3n) is 5.61. The Morgan fingerprint density at radius 2 is 1.74 bits per heavy atom. The fourth-order valence-corrected chi connectivity index (χ4v) is 4.07. The van der Waals surface area contributed by atoms with Crippen LogP contribution in [0.15, 0.2) is 24.3 Å². The second-order valence-electron chi connectivity index (χ2n) is 7.42. The summed E-state index contributed by atoms with van der Waals surface area (Å²) in [6, 6.07) is 8.82. The summed E-state index contributed by atoms with van der Waals surface area (Å²) < 4.78 is 0. The van der Waals surface area contributed by atoms with Gasteiger partial charge in [-0.05, 0) is 25.0 Å². The van der Waals surface area contributed by atoms with Gasteiger partial charge in [-0.1, -0.05) is 31.4 Å². The minimum atomic E-state index is 0. The van der Waals surface area contributed by atoms with Gasteiger partial charge in [0.05, 0.1) is 12.1 Å². The highest BCUT2D eigenvalue weighted by molar-refractivity contribution is 5.90. The van der Waals surface area contributed by atoms with E-state index in [1.165, 1.54) is 32.1 Å². The van der Waals surface area contributed by atoms with Crippen molar-refractivity contribution < 1.29 is 5.11 Å². The zero-order valence-electron chi connectivity index (χ0n) is 15.8. The molecule has 0 unspecified atom stereocenters. The minimum Gasteiger partial charge on any atom is -0.395 e. The molecule has 1 saturated heterocycles. The van der Waals surface area contributed by atoms with Gasteiger partial charge in [0.25, 0.3) is 0 Å². The predicted molar refractivity (Wildman–Crippen MR) is 113 cm³/mol. The van der Waals surface area contributed by atoms with E-state index >= 15 is 0 Å². The first-order chi connectivity index (χ1) is 12.8. The second kappa shape index (κ2) is 9.53. The number of aliphatic hydroxyl groups is 1. The van der Waals surface area contributed by atoms with Gasteiger partial charge in [-0.15, -0.1) is 12.4 Å². The highest BCUT2D eigenvalue weighted by atomic mass is 35.5. The minimum absolute atomic E-state index is 0. The molecule has 0 atom stereocenters. The molecule has 1 saturated carbocycles. The standard InChI is InChI=1S/C20H29N5O.ClH/c26-15-14-24-10-12-25(13-11-24)20-22-18-9-5-4-8-17(18)19(23-20)21-16-6-2-1-3-7-16;/h4-5,8-9,16,26H,1-3,6-7,10-15H2,(H,21,22,23);1H. The number of anilines is 2. The van der Waals surface area contributed by atoms with E-state index in [0.717, 1.165) is 55.4 Å². The molecule has 2 aromatic rings. The zero-order chi connectivity index (χ0) is 17.8. The number of aromatic nitrogens is 2. The quantitative estimate of drug-likeness (QED) is 0.817. The molecule has 148 valence electrons. The van der Waals surface area contributed by atoms with Crippen LogP contribution in [0.5, 0.6) is 0 Å². The van der Waals surface area contributed by atoms with Crippen LogP contribution in [0.1, 0.15) is 32.1 Å². The lowest BCUT2D eigenvalue weighted by Crippen LogP contribution is -2.47. The maximum Gasteiger partial charge on any atom is 0.227 e. The van der Waals surface area contributed by atoms with Gasteiger partial charge in [-0.2, -0.15) is 4.98 Å². The first-order valence-corrected chi connectivity index (χ1v) is 9.95. The molecule has 0 amide bonds. The second-order valence-corrected chi connectivity index (χ2v) is 7.42. The summed E-state index contributed by atoms with van der Waals surface area (Å²) in [4.78, 5) is 14.3. The van der Waals surface area contributed by atoms with Crippen LogP contribution in [0.2, 0.25) is 0 Å². The Bertz CT molecular complexity index is 729. The number of hydrogen-bond acceptors (Lipinski definition) is 6. The number of para-hydroxylation sites is 1. The van der Waals surface area contributed by atoms with Crippen LogP contribution in [0.25, 0.3) is 10.9 Å². The number of benzene rings is 1. The monoisotopic (exact) mass is 391 g/mol. The third-order valence-corrected chi connectivity index (χ3v) is 5.61. The summed E-state index contributed by atoms with van der Waals surface area (Å²) in [5, 5.41) is 13.9. The van der Waals surface area contributed by atoms with Crippen LogP contribution >= 0.6 is 12.4 Å². The van der Waals surface area contributed by atoms with Crippen LogP contribution < -0.4 is 10.2 Å². The van der Waals surface area contributed by atoms with Gasteiger partial charge < -0.3 is 15.3 Å². The van der Waals surface area contributed by atoms with Crippen molar-refractivity contribution in [1.29, 1.82) is 0 Å². The number of fused-ring (bicyclic) bond motifs is 1.